The van der Waals surface area contributed by atoms with Gasteiger partial charge in [-0.2, -0.15) is 0 Å². The molecule has 1 amide bonds. The summed E-state index contributed by atoms with van der Waals surface area (Å²) in [6.45, 7) is 2.40. The molecule has 9 heteroatoms. The Bertz CT molecular complexity index is 870. The summed E-state index contributed by atoms with van der Waals surface area (Å²) in [6.07, 6.45) is 0. The van der Waals surface area contributed by atoms with Gasteiger partial charge in [0.2, 0.25) is 5.75 Å². The molecule has 142 valence electrons. The minimum Gasteiger partial charge on any atom is -0.493 e. The van der Waals surface area contributed by atoms with Crippen LogP contribution in [-0.2, 0) is 0 Å². The summed E-state index contributed by atoms with van der Waals surface area (Å²) in [5, 5.41) is 17.4. The standard InChI is InChI=1S/C18H18ClN3O5/c1-26-17-6-12(18(23)21-10-11-8-20-9-11)2-4-16(17)27-15-5-3-13(19)7-14(15)22(24)25/h2-7,11,20H,8-10H2,1H3,(H,21,23). The fourth-order valence-corrected chi connectivity index (χ4v) is 2.73. The first kappa shape index (κ1) is 18.9. The molecule has 3 rings (SSSR count). The molecule has 0 radical (unpaired) electrons. The first-order chi connectivity index (χ1) is 13.0. The predicted molar refractivity (Wildman–Crippen MR) is 99.9 cm³/mol. The smallest absolute Gasteiger partial charge is 0.313 e. The van der Waals surface area contributed by atoms with Crippen molar-refractivity contribution in [2.24, 2.45) is 5.92 Å². The Morgan fingerprint density at radius 2 is 2.00 bits per heavy atom. The fourth-order valence-electron chi connectivity index (χ4n) is 2.56. The molecule has 8 nitrogen and oxygen atoms in total. The maximum atomic E-state index is 12.3. The van der Waals surface area contributed by atoms with Gasteiger partial charge in [0, 0.05) is 42.2 Å². The average molecular weight is 392 g/mol. The number of benzene rings is 2. The number of nitro benzene ring substituents is 1. The molecule has 2 N–H and O–H groups in total. The summed E-state index contributed by atoms with van der Waals surface area (Å²) in [7, 11) is 1.43. The van der Waals surface area contributed by atoms with Crippen LogP contribution in [0, 0.1) is 16.0 Å². The lowest BCUT2D eigenvalue weighted by Crippen LogP contribution is -2.48. The molecule has 0 spiro atoms. The first-order valence-electron chi connectivity index (χ1n) is 8.26. The number of halogens is 1. The van der Waals surface area contributed by atoms with E-state index in [0.29, 0.717) is 18.0 Å². The molecule has 1 saturated heterocycles. The van der Waals surface area contributed by atoms with Crippen molar-refractivity contribution in [1.29, 1.82) is 0 Å². The van der Waals surface area contributed by atoms with Crippen LogP contribution < -0.4 is 20.1 Å². The molecule has 1 fully saturated rings. The maximum absolute atomic E-state index is 12.3. The lowest BCUT2D eigenvalue weighted by molar-refractivity contribution is -0.385. The van der Waals surface area contributed by atoms with E-state index >= 15 is 0 Å². The molecular weight excluding hydrogens is 374 g/mol. The van der Waals surface area contributed by atoms with Crippen molar-refractivity contribution in [2.75, 3.05) is 26.7 Å². The summed E-state index contributed by atoms with van der Waals surface area (Å²) in [5.74, 6) is 0.797. The highest BCUT2D eigenvalue weighted by molar-refractivity contribution is 6.30. The van der Waals surface area contributed by atoms with Gasteiger partial charge in [-0.25, -0.2) is 0 Å². The number of nitrogens with one attached hydrogen (secondary N) is 2. The van der Waals surface area contributed by atoms with Crippen molar-refractivity contribution in [3.8, 4) is 17.2 Å². The Morgan fingerprint density at radius 1 is 1.26 bits per heavy atom. The van der Waals surface area contributed by atoms with Gasteiger partial charge in [-0.05, 0) is 30.3 Å². The summed E-state index contributed by atoms with van der Waals surface area (Å²) >= 11 is 5.81. The molecule has 1 aliphatic rings. The van der Waals surface area contributed by atoms with Crippen molar-refractivity contribution in [2.45, 2.75) is 0 Å². The average Bonchev–Trinajstić information content (AvgIpc) is 2.61. The topological polar surface area (TPSA) is 103 Å². The maximum Gasteiger partial charge on any atom is 0.313 e. The van der Waals surface area contributed by atoms with Crippen LogP contribution >= 0.6 is 11.6 Å². The number of ether oxygens (including phenoxy) is 2. The van der Waals surface area contributed by atoms with E-state index in [2.05, 4.69) is 10.6 Å². The molecule has 1 aliphatic heterocycles. The van der Waals surface area contributed by atoms with Crippen LogP contribution in [0.1, 0.15) is 10.4 Å². The van der Waals surface area contributed by atoms with E-state index in [-0.39, 0.29) is 33.9 Å². The van der Waals surface area contributed by atoms with Gasteiger partial charge in [-0.3, -0.25) is 14.9 Å². The van der Waals surface area contributed by atoms with Gasteiger partial charge >= 0.3 is 5.69 Å². The van der Waals surface area contributed by atoms with Crippen molar-refractivity contribution < 1.29 is 19.2 Å². The number of nitrogens with zero attached hydrogens (tertiary/aromatic N) is 1. The van der Waals surface area contributed by atoms with Crippen molar-refractivity contribution >= 4 is 23.2 Å². The summed E-state index contributed by atoms with van der Waals surface area (Å²) in [5.41, 5.74) is 0.151. The van der Waals surface area contributed by atoms with Crippen LogP contribution in [0.2, 0.25) is 5.02 Å². The molecule has 27 heavy (non-hydrogen) atoms. The normalized spacial score (nSPS) is 13.6. The van der Waals surface area contributed by atoms with Crippen molar-refractivity contribution in [3.05, 3.63) is 57.1 Å². The second kappa shape index (κ2) is 8.24. The van der Waals surface area contributed by atoms with E-state index in [1.54, 1.807) is 6.07 Å². The highest BCUT2D eigenvalue weighted by atomic mass is 35.5. The third kappa shape index (κ3) is 4.47. The number of methoxy groups -OCH3 is 1. The van der Waals surface area contributed by atoms with Gasteiger partial charge in [0.25, 0.3) is 5.91 Å². The molecule has 1 heterocycles. The van der Waals surface area contributed by atoms with Crippen LogP contribution in [0.5, 0.6) is 17.2 Å². The van der Waals surface area contributed by atoms with Crippen LogP contribution in [0.15, 0.2) is 36.4 Å². The molecular formula is C18H18ClN3O5. The second-order valence-corrected chi connectivity index (χ2v) is 6.51. The van der Waals surface area contributed by atoms with E-state index in [0.717, 1.165) is 13.1 Å². The van der Waals surface area contributed by atoms with E-state index < -0.39 is 4.92 Å². The molecule has 0 saturated carbocycles. The molecule has 2 aromatic carbocycles. The van der Waals surface area contributed by atoms with Gasteiger partial charge < -0.3 is 20.1 Å². The number of nitro groups is 1. The van der Waals surface area contributed by atoms with Crippen LogP contribution in [-0.4, -0.2) is 37.6 Å². The summed E-state index contributed by atoms with van der Waals surface area (Å²) in [6, 6.07) is 8.76. The van der Waals surface area contributed by atoms with Crippen LogP contribution in [0.25, 0.3) is 0 Å². The zero-order chi connectivity index (χ0) is 19.4. The molecule has 2 aromatic rings. The Balaban J connectivity index is 1.78. The Labute approximate surface area is 160 Å². The molecule has 0 unspecified atom stereocenters. The van der Waals surface area contributed by atoms with E-state index in [9.17, 15) is 14.9 Å². The largest absolute Gasteiger partial charge is 0.493 e. The number of carbonyl (C=O) groups excluding carboxylic acids is 1. The number of hydrogen-bond donors (Lipinski definition) is 2. The predicted octanol–water partition coefficient (Wildman–Crippen LogP) is 3.00. The van der Waals surface area contributed by atoms with Gasteiger partial charge in [-0.1, -0.05) is 11.6 Å². The van der Waals surface area contributed by atoms with E-state index in [1.165, 1.54) is 37.4 Å². The van der Waals surface area contributed by atoms with Crippen LogP contribution in [0.4, 0.5) is 5.69 Å². The number of hydrogen-bond acceptors (Lipinski definition) is 6. The quantitative estimate of drug-likeness (QED) is 0.555. The zero-order valence-corrected chi connectivity index (χ0v) is 15.3. The van der Waals surface area contributed by atoms with Gasteiger partial charge in [0.1, 0.15) is 0 Å². The fraction of sp³-hybridized carbons (Fsp3) is 0.278. The van der Waals surface area contributed by atoms with Gasteiger partial charge in [0.15, 0.2) is 11.5 Å². The van der Waals surface area contributed by atoms with Crippen LogP contribution in [0.3, 0.4) is 0 Å². The lowest BCUT2D eigenvalue weighted by atomic mass is 10.0. The second-order valence-electron chi connectivity index (χ2n) is 6.07. The molecule has 0 aliphatic carbocycles. The van der Waals surface area contributed by atoms with E-state index in [4.69, 9.17) is 21.1 Å². The molecule has 0 aromatic heterocycles. The highest BCUT2D eigenvalue weighted by Gasteiger charge is 2.20. The van der Waals surface area contributed by atoms with Crippen molar-refractivity contribution in [1.82, 2.24) is 10.6 Å². The van der Waals surface area contributed by atoms with Crippen molar-refractivity contribution in [3.63, 3.8) is 0 Å². The minimum absolute atomic E-state index is 0.0254. The third-order valence-corrected chi connectivity index (χ3v) is 4.42. The molecule has 0 atom stereocenters. The van der Waals surface area contributed by atoms with Gasteiger partial charge in [-0.15, -0.1) is 0 Å². The monoisotopic (exact) mass is 391 g/mol. The highest BCUT2D eigenvalue weighted by Crippen LogP contribution is 2.37. The first-order valence-corrected chi connectivity index (χ1v) is 8.64. The van der Waals surface area contributed by atoms with E-state index in [1.807, 2.05) is 0 Å². The number of carbonyl (C=O) groups is 1. The lowest BCUT2D eigenvalue weighted by Gasteiger charge is -2.27. The zero-order valence-electron chi connectivity index (χ0n) is 14.5. The van der Waals surface area contributed by atoms with Gasteiger partial charge in [0.05, 0.1) is 12.0 Å². The molecule has 0 bridgehead atoms. The summed E-state index contributed by atoms with van der Waals surface area (Å²) in [4.78, 5) is 22.9. The third-order valence-electron chi connectivity index (χ3n) is 4.18. The Kier molecular flexibility index (Phi) is 5.78. The summed E-state index contributed by atoms with van der Waals surface area (Å²) < 4.78 is 10.9. The SMILES string of the molecule is COc1cc(C(=O)NCC2CNC2)ccc1Oc1ccc(Cl)cc1[N+](=O)[O-]. The Morgan fingerprint density at radius 3 is 2.63 bits per heavy atom. The Hall–Kier alpha value is -2.84. The minimum atomic E-state index is -0.579. The number of rotatable bonds is 7. The number of amides is 1.